The molecule has 0 saturated carbocycles. The van der Waals surface area contributed by atoms with Gasteiger partial charge in [-0.25, -0.2) is 9.37 Å². The number of H-pyrrole nitrogens is 1. The molecule has 4 nitrogen and oxygen atoms in total. The lowest BCUT2D eigenvalue weighted by molar-refractivity contribution is 0.300. The lowest BCUT2D eigenvalue weighted by Crippen LogP contribution is -2.09. The molecule has 1 heterocycles. The van der Waals surface area contributed by atoms with Crippen LogP contribution in [-0.4, -0.2) is 9.97 Å². The van der Waals surface area contributed by atoms with E-state index in [-0.39, 0.29) is 18.0 Å². The molecule has 0 amide bonds. The molecule has 134 valence electrons. The number of nitrogens with zero attached hydrogens (tertiary/aromatic N) is 1. The van der Waals surface area contributed by atoms with Crippen LogP contribution in [0.2, 0.25) is 0 Å². The minimum Gasteiger partial charge on any atom is -0.489 e. The quantitative estimate of drug-likeness (QED) is 0.497. The molecule has 0 aliphatic heterocycles. The maximum atomic E-state index is 13.9. The van der Waals surface area contributed by atoms with E-state index in [9.17, 15) is 9.18 Å². The molecular formula is C21H14BrFN2O2. The zero-order valence-electron chi connectivity index (χ0n) is 14.1. The number of fused-ring (bicyclic) bond motifs is 1. The molecular weight excluding hydrogens is 411 g/mol. The van der Waals surface area contributed by atoms with E-state index in [2.05, 4.69) is 25.9 Å². The maximum absolute atomic E-state index is 13.9. The number of ether oxygens (including phenoxy) is 1. The Bertz CT molecular complexity index is 1190. The van der Waals surface area contributed by atoms with Crippen LogP contribution >= 0.6 is 15.9 Å². The Balaban J connectivity index is 1.62. The summed E-state index contributed by atoms with van der Waals surface area (Å²) in [4.78, 5) is 19.6. The molecule has 3 aromatic carbocycles. The van der Waals surface area contributed by atoms with Crippen LogP contribution in [-0.2, 0) is 6.61 Å². The van der Waals surface area contributed by atoms with E-state index in [0.29, 0.717) is 38.1 Å². The number of aromatic nitrogens is 2. The second kappa shape index (κ2) is 7.32. The van der Waals surface area contributed by atoms with Gasteiger partial charge in [0.25, 0.3) is 5.56 Å². The number of nitrogens with one attached hydrogen (secondary N) is 1. The summed E-state index contributed by atoms with van der Waals surface area (Å²) in [5, 5.41) is 0.541. The van der Waals surface area contributed by atoms with Crippen LogP contribution in [0.1, 0.15) is 5.56 Å². The number of rotatable bonds is 4. The first kappa shape index (κ1) is 17.4. The summed E-state index contributed by atoms with van der Waals surface area (Å²) in [5.41, 5.74) is 1.60. The van der Waals surface area contributed by atoms with Gasteiger partial charge in [-0.3, -0.25) is 4.79 Å². The summed E-state index contributed by atoms with van der Waals surface area (Å²) in [6.45, 7) is 0.101. The van der Waals surface area contributed by atoms with Gasteiger partial charge in [-0.15, -0.1) is 0 Å². The first-order chi connectivity index (χ1) is 13.1. The van der Waals surface area contributed by atoms with Crippen molar-refractivity contribution in [2.75, 3.05) is 0 Å². The molecule has 1 aromatic heterocycles. The van der Waals surface area contributed by atoms with Gasteiger partial charge in [-0.1, -0.05) is 46.3 Å². The van der Waals surface area contributed by atoms with Gasteiger partial charge >= 0.3 is 0 Å². The smallest absolute Gasteiger partial charge is 0.259 e. The van der Waals surface area contributed by atoms with Crippen LogP contribution in [0.5, 0.6) is 5.75 Å². The summed E-state index contributed by atoms with van der Waals surface area (Å²) in [6.07, 6.45) is 0. The van der Waals surface area contributed by atoms with Crippen molar-refractivity contribution < 1.29 is 9.13 Å². The lowest BCUT2D eigenvalue weighted by atomic mass is 10.2. The third kappa shape index (κ3) is 3.75. The van der Waals surface area contributed by atoms with Crippen LogP contribution < -0.4 is 10.3 Å². The minimum atomic E-state index is -0.332. The van der Waals surface area contributed by atoms with Gasteiger partial charge in [0.2, 0.25) is 0 Å². The second-order valence-corrected chi connectivity index (χ2v) is 6.90. The van der Waals surface area contributed by atoms with Crippen LogP contribution in [0.25, 0.3) is 22.3 Å². The topological polar surface area (TPSA) is 55.0 Å². The van der Waals surface area contributed by atoms with Crippen molar-refractivity contribution in [1.82, 2.24) is 9.97 Å². The Labute approximate surface area is 162 Å². The van der Waals surface area contributed by atoms with Crippen molar-refractivity contribution in [3.63, 3.8) is 0 Å². The number of hydrogen-bond donors (Lipinski definition) is 1. The van der Waals surface area contributed by atoms with Crippen LogP contribution in [0, 0.1) is 5.82 Å². The Morgan fingerprint density at radius 2 is 1.89 bits per heavy atom. The van der Waals surface area contributed by atoms with E-state index in [1.165, 1.54) is 6.07 Å². The standard InChI is InChI=1S/C21H14BrFN2O2/c22-15-9-8-14(18(23)11-15)12-27-16-5-3-4-13(10-16)20-24-19-7-2-1-6-17(19)21(26)25-20/h1-11H,12H2,(H,24,25,26). The molecule has 0 fully saturated rings. The van der Waals surface area contributed by atoms with Gasteiger partial charge in [-0.2, -0.15) is 0 Å². The summed E-state index contributed by atoms with van der Waals surface area (Å²) in [7, 11) is 0. The Kier molecular flexibility index (Phi) is 4.73. The molecule has 0 aliphatic carbocycles. The fourth-order valence-corrected chi connectivity index (χ4v) is 3.09. The highest BCUT2D eigenvalue weighted by Gasteiger charge is 2.08. The predicted octanol–water partition coefficient (Wildman–Crippen LogP) is 5.07. The molecule has 0 atom stereocenters. The Morgan fingerprint density at radius 1 is 1.04 bits per heavy atom. The SMILES string of the molecule is O=c1[nH]c(-c2cccc(OCc3ccc(Br)cc3F)c2)nc2ccccc12. The summed E-state index contributed by atoms with van der Waals surface area (Å²) in [5.74, 6) is 0.686. The molecule has 0 bridgehead atoms. The largest absolute Gasteiger partial charge is 0.489 e. The van der Waals surface area contributed by atoms with Gasteiger partial charge < -0.3 is 9.72 Å². The molecule has 0 radical (unpaired) electrons. The average Bonchev–Trinajstić information content (AvgIpc) is 2.67. The molecule has 1 N–H and O–H groups in total. The Morgan fingerprint density at radius 3 is 2.74 bits per heavy atom. The van der Waals surface area contributed by atoms with Crippen molar-refractivity contribution in [1.29, 1.82) is 0 Å². The molecule has 0 spiro atoms. The highest BCUT2D eigenvalue weighted by molar-refractivity contribution is 9.10. The van der Waals surface area contributed by atoms with Gasteiger partial charge in [0, 0.05) is 15.6 Å². The van der Waals surface area contributed by atoms with Crippen molar-refractivity contribution in [2.24, 2.45) is 0 Å². The number of benzene rings is 3. The number of halogens is 2. The average molecular weight is 425 g/mol. The first-order valence-corrected chi connectivity index (χ1v) is 9.06. The van der Waals surface area contributed by atoms with Gasteiger partial charge in [0.05, 0.1) is 10.9 Å². The summed E-state index contributed by atoms with van der Waals surface area (Å²) >= 11 is 3.23. The van der Waals surface area contributed by atoms with Crippen molar-refractivity contribution >= 4 is 26.8 Å². The third-order valence-corrected chi connectivity index (χ3v) is 4.62. The van der Waals surface area contributed by atoms with E-state index >= 15 is 0 Å². The molecule has 0 unspecified atom stereocenters. The van der Waals surface area contributed by atoms with Crippen molar-refractivity contribution in [3.8, 4) is 17.1 Å². The van der Waals surface area contributed by atoms with Gasteiger partial charge in [0.1, 0.15) is 24.0 Å². The highest BCUT2D eigenvalue weighted by Crippen LogP contribution is 2.23. The molecule has 4 aromatic rings. The number of para-hydroxylation sites is 1. The van der Waals surface area contributed by atoms with E-state index < -0.39 is 0 Å². The van der Waals surface area contributed by atoms with Crippen molar-refractivity contribution in [3.05, 3.63) is 92.9 Å². The van der Waals surface area contributed by atoms with Gasteiger partial charge in [-0.05, 0) is 36.4 Å². The fourth-order valence-electron chi connectivity index (χ4n) is 2.76. The Hall–Kier alpha value is -2.99. The minimum absolute atomic E-state index is 0.101. The fraction of sp³-hybridized carbons (Fsp3) is 0.0476. The number of aromatic amines is 1. The van der Waals surface area contributed by atoms with E-state index in [1.54, 1.807) is 48.5 Å². The van der Waals surface area contributed by atoms with Crippen LogP contribution in [0.4, 0.5) is 4.39 Å². The number of hydrogen-bond acceptors (Lipinski definition) is 3. The van der Waals surface area contributed by atoms with E-state index in [0.717, 1.165) is 0 Å². The second-order valence-electron chi connectivity index (χ2n) is 5.98. The summed E-state index contributed by atoms with van der Waals surface area (Å²) < 4.78 is 20.3. The zero-order chi connectivity index (χ0) is 18.8. The van der Waals surface area contributed by atoms with E-state index in [4.69, 9.17) is 4.74 Å². The summed E-state index contributed by atoms with van der Waals surface area (Å²) in [6, 6.07) is 19.2. The predicted molar refractivity (Wildman–Crippen MR) is 106 cm³/mol. The van der Waals surface area contributed by atoms with Gasteiger partial charge in [0.15, 0.2) is 0 Å². The lowest BCUT2D eigenvalue weighted by Gasteiger charge is -2.09. The first-order valence-electron chi connectivity index (χ1n) is 8.26. The van der Waals surface area contributed by atoms with Crippen LogP contribution in [0.3, 0.4) is 0 Å². The highest BCUT2D eigenvalue weighted by atomic mass is 79.9. The molecule has 0 saturated heterocycles. The molecule has 6 heteroatoms. The molecule has 4 rings (SSSR count). The van der Waals surface area contributed by atoms with Crippen molar-refractivity contribution in [2.45, 2.75) is 6.61 Å². The molecule has 27 heavy (non-hydrogen) atoms. The van der Waals surface area contributed by atoms with E-state index in [1.807, 2.05) is 12.1 Å². The van der Waals surface area contributed by atoms with Crippen LogP contribution in [0.15, 0.2) is 76.0 Å². The third-order valence-electron chi connectivity index (χ3n) is 4.13. The molecule has 0 aliphatic rings. The maximum Gasteiger partial charge on any atom is 0.259 e. The zero-order valence-corrected chi connectivity index (χ0v) is 15.7. The normalized spacial score (nSPS) is 10.9. The monoisotopic (exact) mass is 424 g/mol.